The lowest BCUT2D eigenvalue weighted by molar-refractivity contribution is -0.139. The summed E-state index contributed by atoms with van der Waals surface area (Å²) in [6.07, 6.45) is -1.06. The zero-order chi connectivity index (χ0) is 32.7. The number of aryl methyl sites for hydroxylation is 1. The van der Waals surface area contributed by atoms with Crippen molar-refractivity contribution in [3.05, 3.63) is 87.3 Å². The number of pyridine rings is 1. The van der Waals surface area contributed by atoms with Crippen molar-refractivity contribution in [3.8, 4) is 16.9 Å². The maximum atomic E-state index is 13.9. The highest BCUT2D eigenvalue weighted by Gasteiger charge is 2.35. The lowest BCUT2D eigenvalue weighted by Crippen LogP contribution is -2.40. The van der Waals surface area contributed by atoms with Gasteiger partial charge >= 0.3 is 12.1 Å². The Morgan fingerprint density at radius 3 is 2.51 bits per heavy atom. The molecule has 11 heteroatoms. The summed E-state index contributed by atoms with van der Waals surface area (Å²) < 4.78 is 49.0. The smallest absolute Gasteiger partial charge is 0.416 e. The summed E-state index contributed by atoms with van der Waals surface area (Å²) in [4.78, 5) is 40.8. The van der Waals surface area contributed by atoms with E-state index in [0.717, 1.165) is 40.3 Å². The monoisotopic (exact) mass is 627 g/mol. The van der Waals surface area contributed by atoms with Crippen LogP contribution in [0.5, 0.6) is 5.75 Å². The Bertz CT molecular complexity index is 1570. The van der Waals surface area contributed by atoms with E-state index in [-0.39, 0.29) is 18.4 Å². The molecule has 242 valence electrons. The van der Waals surface area contributed by atoms with Gasteiger partial charge in [0.05, 0.1) is 24.6 Å². The maximum absolute atomic E-state index is 13.9. The number of aliphatic carboxylic acids is 1. The van der Waals surface area contributed by atoms with Gasteiger partial charge in [-0.15, -0.1) is 0 Å². The number of benzene rings is 2. The third-order valence-corrected chi connectivity index (χ3v) is 8.07. The Hall–Kier alpha value is -4.12. The molecule has 1 amide bonds. The van der Waals surface area contributed by atoms with Crippen LogP contribution in [0.2, 0.25) is 0 Å². The van der Waals surface area contributed by atoms with E-state index in [2.05, 4.69) is 5.32 Å². The number of halogens is 3. The van der Waals surface area contributed by atoms with E-state index in [1.165, 1.54) is 0 Å². The average molecular weight is 628 g/mol. The first-order valence-electron chi connectivity index (χ1n) is 15.2. The van der Waals surface area contributed by atoms with E-state index >= 15 is 0 Å². The first-order chi connectivity index (χ1) is 21.3. The number of nitrogens with one attached hydrogen (secondary N) is 1. The van der Waals surface area contributed by atoms with Gasteiger partial charge in [-0.1, -0.05) is 49.6 Å². The summed E-state index contributed by atoms with van der Waals surface area (Å²) in [6.45, 7) is 2.73. The normalized spacial score (nSPS) is 18.2. The van der Waals surface area contributed by atoms with Crippen LogP contribution in [0.15, 0.2) is 59.5 Å². The number of likely N-dealkylation sites (N-methyl/N-ethyl adjacent to an activating group) is 1. The zero-order valence-corrected chi connectivity index (χ0v) is 25.8. The fourth-order valence-electron chi connectivity index (χ4n) is 5.75. The lowest BCUT2D eigenvalue weighted by atomic mass is 9.94. The number of fused-ring (bicyclic) bond motifs is 4. The summed E-state index contributed by atoms with van der Waals surface area (Å²) in [5.74, 6) is -1.06. The van der Waals surface area contributed by atoms with Crippen molar-refractivity contribution in [1.29, 1.82) is 0 Å². The fraction of sp³-hybridized carbons (Fsp3) is 0.441. The van der Waals surface area contributed by atoms with Crippen molar-refractivity contribution in [1.82, 2.24) is 14.8 Å². The van der Waals surface area contributed by atoms with Gasteiger partial charge in [0.15, 0.2) is 0 Å². The molecule has 1 aliphatic heterocycles. The van der Waals surface area contributed by atoms with Crippen molar-refractivity contribution in [2.75, 3.05) is 27.2 Å². The highest BCUT2D eigenvalue weighted by molar-refractivity contribution is 5.82. The van der Waals surface area contributed by atoms with Crippen LogP contribution in [0.1, 0.15) is 72.9 Å². The Morgan fingerprint density at radius 2 is 1.80 bits per heavy atom. The molecule has 2 heterocycles. The number of rotatable bonds is 6. The number of hydrogen-bond acceptors (Lipinski definition) is 5. The second-order valence-electron chi connectivity index (χ2n) is 11.8. The van der Waals surface area contributed by atoms with Gasteiger partial charge in [-0.05, 0) is 74.7 Å². The summed E-state index contributed by atoms with van der Waals surface area (Å²) in [5.41, 5.74) is 1.12. The molecule has 2 atom stereocenters. The Labute approximate surface area is 260 Å². The minimum Gasteiger partial charge on any atom is -0.493 e. The van der Waals surface area contributed by atoms with Gasteiger partial charge < -0.3 is 24.6 Å². The number of ether oxygens (including phenoxy) is 1. The van der Waals surface area contributed by atoms with E-state index in [0.29, 0.717) is 43.4 Å². The maximum Gasteiger partial charge on any atom is 0.416 e. The second kappa shape index (κ2) is 14.8. The topological polar surface area (TPSA) is 101 Å². The summed E-state index contributed by atoms with van der Waals surface area (Å²) in [5, 5.41) is 12.6. The molecule has 8 nitrogen and oxygen atoms in total. The average Bonchev–Trinajstić information content (AvgIpc) is 2.96. The van der Waals surface area contributed by atoms with E-state index < -0.39 is 47.7 Å². The number of hydrogen-bond donors (Lipinski definition) is 2. The number of aromatic nitrogens is 1. The molecule has 0 saturated carbocycles. The van der Waals surface area contributed by atoms with Gasteiger partial charge in [-0.3, -0.25) is 14.4 Å². The van der Waals surface area contributed by atoms with Crippen LogP contribution in [0.4, 0.5) is 13.2 Å². The second-order valence-corrected chi connectivity index (χ2v) is 11.8. The van der Waals surface area contributed by atoms with Crippen molar-refractivity contribution >= 4 is 11.9 Å². The van der Waals surface area contributed by atoms with E-state index in [1.807, 2.05) is 37.3 Å². The van der Waals surface area contributed by atoms with Crippen LogP contribution in [-0.2, 0) is 22.2 Å². The highest BCUT2D eigenvalue weighted by Crippen LogP contribution is 2.36. The molecule has 3 aromatic rings. The van der Waals surface area contributed by atoms with Gasteiger partial charge in [-0.2, -0.15) is 13.2 Å². The highest BCUT2D eigenvalue weighted by atomic mass is 19.4. The van der Waals surface area contributed by atoms with Crippen LogP contribution in [0.25, 0.3) is 11.1 Å². The third-order valence-electron chi connectivity index (χ3n) is 8.07. The van der Waals surface area contributed by atoms with Crippen LogP contribution in [-0.4, -0.2) is 53.7 Å². The number of carboxylic acids is 1. The molecule has 1 aliphatic rings. The van der Waals surface area contributed by atoms with E-state index in [4.69, 9.17) is 4.74 Å². The molecule has 2 N–H and O–H groups in total. The molecule has 0 radical (unpaired) electrons. The Balaban J connectivity index is 1.79. The Morgan fingerprint density at radius 1 is 1.07 bits per heavy atom. The molecule has 1 aromatic heterocycles. The molecule has 0 aliphatic carbocycles. The van der Waals surface area contributed by atoms with Crippen molar-refractivity contribution in [3.63, 3.8) is 0 Å². The lowest BCUT2D eigenvalue weighted by Gasteiger charge is -2.26. The van der Waals surface area contributed by atoms with Gasteiger partial charge in [0.25, 0.3) is 5.56 Å². The number of carbonyl (C=O) groups is 2. The van der Waals surface area contributed by atoms with Crippen LogP contribution in [0.3, 0.4) is 0 Å². The SMILES string of the molecule is Cc1cccc2c1-c1cccc(c1)[C@H](CC(=O)O)NC(=O)[C@@H](n1cc(CCN(C)C)c(C(F)(F)F)cc1=O)CCCCCCO2. The van der Waals surface area contributed by atoms with Crippen molar-refractivity contribution < 1.29 is 32.6 Å². The van der Waals surface area contributed by atoms with Crippen LogP contribution >= 0.6 is 0 Å². The molecule has 0 unspecified atom stereocenters. The van der Waals surface area contributed by atoms with E-state index in [9.17, 15) is 32.7 Å². The molecule has 0 fully saturated rings. The first-order valence-corrected chi connectivity index (χ1v) is 15.2. The predicted molar refractivity (Wildman–Crippen MR) is 165 cm³/mol. The van der Waals surface area contributed by atoms with Crippen molar-refractivity contribution in [2.45, 2.75) is 70.1 Å². The van der Waals surface area contributed by atoms with E-state index in [1.54, 1.807) is 31.1 Å². The molecule has 0 saturated heterocycles. The zero-order valence-electron chi connectivity index (χ0n) is 25.8. The molecule has 4 rings (SSSR count). The Kier molecular flexibility index (Phi) is 11.1. The molecule has 0 spiro atoms. The summed E-state index contributed by atoms with van der Waals surface area (Å²) in [6, 6.07) is 11.4. The fourth-order valence-corrected chi connectivity index (χ4v) is 5.75. The van der Waals surface area contributed by atoms with Gasteiger partial charge in [0, 0.05) is 24.4 Å². The quantitative estimate of drug-likeness (QED) is 0.340. The molecular formula is C34H40F3N3O5. The predicted octanol–water partition coefficient (Wildman–Crippen LogP) is 6.16. The molecule has 2 bridgehead atoms. The van der Waals surface area contributed by atoms with Gasteiger partial charge in [0.1, 0.15) is 11.8 Å². The van der Waals surface area contributed by atoms with Crippen LogP contribution < -0.4 is 15.6 Å². The molecule has 45 heavy (non-hydrogen) atoms. The number of carbonyl (C=O) groups excluding carboxylic acids is 1. The minimum atomic E-state index is -4.74. The number of alkyl halides is 3. The van der Waals surface area contributed by atoms with Gasteiger partial charge in [0.2, 0.25) is 5.91 Å². The molecule has 2 aromatic carbocycles. The summed E-state index contributed by atoms with van der Waals surface area (Å²) >= 11 is 0. The summed E-state index contributed by atoms with van der Waals surface area (Å²) in [7, 11) is 3.47. The largest absolute Gasteiger partial charge is 0.493 e. The third kappa shape index (κ3) is 8.75. The molecular weight excluding hydrogens is 587 g/mol. The van der Waals surface area contributed by atoms with Crippen LogP contribution in [0, 0.1) is 6.92 Å². The minimum absolute atomic E-state index is 0.0196. The van der Waals surface area contributed by atoms with Gasteiger partial charge in [-0.25, -0.2) is 0 Å². The number of nitrogens with zero attached hydrogens (tertiary/aromatic N) is 2. The first kappa shape index (κ1) is 33.8. The number of carboxylic acid groups (broad SMARTS) is 1. The standard InChI is InChI=1S/C34H40F3N3O5/c1-22-10-8-14-29-32(22)24-12-9-11-23(18-24)27(20-31(42)43)38-33(44)28(13-6-4-5-7-17-45-29)40-21-25(15-16-39(2)3)26(19-30(40)41)34(35,36)37/h8-12,14,18-19,21,27-28H,4-7,13,15-17,20H2,1-3H3,(H,38,44)(H,42,43)/t27-,28-/m0/s1. The van der Waals surface area contributed by atoms with Crippen molar-refractivity contribution in [2.24, 2.45) is 0 Å². The number of amides is 1.